The summed E-state index contributed by atoms with van der Waals surface area (Å²) < 4.78 is 31.6. The molecule has 0 aromatic heterocycles. The lowest BCUT2D eigenvalue weighted by molar-refractivity contribution is 0.184. The molecule has 5 nitrogen and oxygen atoms in total. The van der Waals surface area contributed by atoms with Crippen molar-refractivity contribution < 1.29 is 17.9 Å². The van der Waals surface area contributed by atoms with Crippen molar-refractivity contribution in [1.82, 2.24) is 0 Å². The first-order valence-electron chi connectivity index (χ1n) is 4.72. The largest absolute Gasteiger partial charge is 0.492 e. The van der Waals surface area contributed by atoms with Crippen LogP contribution in [0, 0.1) is 0 Å². The van der Waals surface area contributed by atoms with Gasteiger partial charge in [0.15, 0.2) is 0 Å². The SMILES string of the molecule is COCc1cccc(OCCS(N)(=O)=O)c1. The molecule has 0 bridgehead atoms. The molecule has 0 radical (unpaired) electrons. The van der Waals surface area contributed by atoms with Crippen LogP contribution in [0.3, 0.4) is 0 Å². The third-order valence-corrected chi connectivity index (χ3v) is 2.58. The van der Waals surface area contributed by atoms with Gasteiger partial charge in [-0.05, 0) is 17.7 Å². The normalized spacial score (nSPS) is 11.4. The van der Waals surface area contributed by atoms with Crippen LogP contribution < -0.4 is 9.88 Å². The van der Waals surface area contributed by atoms with Gasteiger partial charge in [0.2, 0.25) is 10.0 Å². The highest BCUT2D eigenvalue weighted by Crippen LogP contribution is 2.13. The van der Waals surface area contributed by atoms with Gasteiger partial charge in [0.05, 0.1) is 12.4 Å². The molecule has 0 saturated carbocycles. The van der Waals surface area contributed by atoms with E-state index in [1.807, 2.05) is 12.1 Å². The highest BCUT2D eigenvalue weighted by Gasteiger charge is 2.03. The highest BCUT2D eigenvalue weighted by molar-refractivity contribution is 7.89. The summed E-state index contributed by atoms with van der Waals surface area (Å²) in [5.74, 6) is 0.416. The molecule has 90 valence electrons. The zero-order valence-electron chi connectivity index (χ0n) is 9.05. The Morgan fingerprint density at radius 1 is 1.38 bits per heavy atom. The average molecular weight is 245 g/mol. The summed E-state index contributed by atoms with van der Waals surface area (Å²) in [6, 6.07) is 7.27. The smallest absolute Gasteiger partial charge is 0.212 e. The van der Waals surface area contributed by atoms with E-state index in [9.17, 15) is 8.42 Å². The topological polar surface area (TPSA) is 78.6 Å². The second kappa shape index (κ2) is 5.83. The minimum absolute atomic E-state index is 0.0509. The Hall–Kier alpha value is -1.11. The molecule has 1 aromatic rings. The molecule has 0 heterocycles. The van der Waals surface area contributed by atoms with E-state index in [4.69, 9.17) is 14.6 Å². The summed E-state index contributed by atoms with van der Waals surface area (Å²) in [5, 5.41) is 4.85. The Morgan fingerprint density at radius 2 is 2.12 bits per heavy atom. The van der Waals surface area contributed by atoms with Gasteiger partial charge in [-0.25, -0.2) is 13.6 Å². The predicted molar refractivity (Wildman–Crippen MR) is 60.6 cm³/mol. The lowest BCUT2D eigenvalue weighted by Gasteiger charge is -2.06. The van der Waals surface area contributed by atoms with Gasteiger partial charge in [-0.2, -0.15) is 0 Å². The first-order valence-corrected chi connectivity index (χ1v) is 6.44. The van der Waals surface area contributed by atoms with Crippen molar-refractivity contribution >= 4 is 10.0 Å². The maximum absolute atomic E-state index is 10.7. The van der Waals surface area contributed by atoms with Crippen molar-refractivity contribution in [2.75, 3.05) is 19.5 Å². The van der Waals surface area contributed by atoms with Gasteiger partial charge in [0.1, 0.15) is 12.4 Å². The molecule has 2 N–H and O–H groups in total. The van der Waals surface area contributed by atoms with Crippen LogP contribution in [-0.2, 0) is 21.4 Å². The molecule has 0 fully saturated rings. The summed E-state index contributed by atoms with van der Waals surface area (Å²) in [6.07, 6.45) is 0. The quantitative estimate of drug-likeness (QED) is 0.791. The van der Waals surface area contributed by atoms with Crippen LogP contribution in [0.25, 0.3) is 0 Å². The third kappa shape index (κ3) is 5.11. The van der Waals surface area contributed by atoms with Crippen molar-refractivity contribution in [3.8, 4) is 5.75 Å². The molecule has 0 saturated heterocycles. The molecule has 0 unspecified atom stereocenters. The summed E-state index contributed by atoms with van der Waals surface area (Å²) in [5.41, 5.74) is 0.968. The Bertz CT molecular complexity index is 430. The van der Waals surface area contributed by atoms with E-state index in [-0.39, 0.29) is 12.4 Å². The van der Waals surface area contributed by atoms with Gasteiger partial charge in [-0.1, -0.05) is 12.1 Å². The van der Waals surface area contributed by atoms with E-state index in [0.717, 1.165) is 5.56 Å². The molecule has 0 amide bonds. The van der Waals surface area contributed by atoms with Crippen molar-refractivity contribution in [2.24, 2.45) is 5.14 Å². The lowest BCUT2D eigenvalue weighted by Crippen LogP contribution is -2.21. The fourth-order valence-corrected chi connectivity index (χ4v) is 1.48. The summed E-state index contributed by atoms with van der Waals surface area (Å²) in [6.45, 7) is 0.543. The second-order valence-corrected chi connectivity index (χ2v) is 5.03. The van der Waals surface area contributed by atoms with Gasteiger partial charge in [0, 0.05) is 7.11 Å². The molecule has 1 aromatic carbocycles. The Balaban J connectivity index is 2.51. The van der Waals surface area contributed by atoms with Crippen LogP contribution in [0.5, 0.6) is 5.75 Å². The molecule has 0 aliphatic carbocycles. The maximum Gasteiger partial charge on any atom is 0.212 e. The number of rotatable bonds is 6. The molecule has 0 aliphatic rings. The minimum atomic E-state index is -3.46. The molecule has 0 aliphatic heterocycles. The van der Waals surface area contributed by atoms with Crippen LogP contribution in [0.1, 0.15) is 5.56 Å². The molecule has 0 atom stereocenters. The Labute approximate surface area is 95.2 Å². The highest BCUT2D eigenvalue weighted by atomic mass is 32.2. The molecular formula is C10H15NO4S. The zero-order valence-corrected chi connectivity index (χ0v) is 9.87. The monoisotopic (exact) mass is 245 g/mol. The number of methoxy groups -OCH3 is 1. The summed E-state index contributed by atoms with van der Waals surface area (Å²) in [4.78, 5) is 0. The zero-order chi connectivity index (χ0) is 12.0. The van der Waals surface area contributed by atoms with Crippen molar-refractivity contribution in [3.63, 3.8) is 0 Å². The van der Waals surface area contributed by atoms with Gasteiger partial charge < -0.3 is 9.47 Å². The standard InChI is InChI=1S/C10H15NO4S/c1-14-8-9-3-2-4-10(7-9)15-5-6-16(11,12)13/h2-4,7H,5-6,8H2,1H3,(H2,11,12,13). The Kier molecular flexibility index (Phi) is 4.72. The van der Waals surface area contributed by atoms with E-state index >= 15 is 0 Å². The number of sulfonamides is 1. The lowest BCUT2D eigenvalue weighted by atomic mass is 10.2. The molecule has 16 heavy (non-hydrogen) atoms. The molecule has 1 rings (SSSR count). The number of nitrogens with two attached hydrogens (primary N) is 1. The minimum Gasteiger partial charge on any atom is -0.492 e. The second-order valence-electron chi connectivity index (χ2n) is 3.30. The number of primary sulfonamides is 1. The van der Waals surface area contributed by atoms with E-state index in [0.29, 0.717) is 12.4 Å². The van der Waals surface area contributed by atoms with E-state index in [2.05, 4.69) is 0 Å². The maximum atomic E-state index is 10.7. The van der Waals surface area contributed by atoms with Gasteiger partial charge in [-0.15, -0.1) is 0 Å². The number of hydrogen-bond donors (Lipinski definition) is 1. The van der Waals surface area contributed by atoms with Crippen LogP contribution in [0.15, 0.2) is 24.3 Å². The van der Waals surface area contributed by atoms with E-state index in [1.165, 1.54) is 0 Å². The van der Waals surface area contributed by atoms with Crippen molar-refractivity contribution in [1.29, 1.82) is 0 Å². The fraction of sp³-hybridized carbons (Fsp3) is 0.400. The molecule has 6 heteroatoms. The number of ether oxygens (including phenoxy) is 2. The van der Waals surface area contributed by atoms with Crippen LogP contribution in [0.4, 0.5) is 0 Å². The average Bonchev–Trinajstić information content (AvgIpc) is 2.17. The van der Waals surface area contributed by atoms with E-state index < -0.39 is 10.0 Å². The van der Waals surface area contributed by atoms with Crippen molar-refractivity contribution in [3.05, 3.63) is 29.8 Å². The van der Waals surface area contributed by atoms with Gasteiger partial charge in [-0.3, -0.25) is 0 Å². The summed E-state index contributed by atoms with van der Waals surface area (Å²) >= 11 is 0. The number of benzene rings is 1. The van der Waals surface area contributed by atoms with Crippen LogP contribution in [-0.4, -0.2) is 27.9 Å². The van der Waals surface area contributed by atoms with E-state index in [1.54, 1.807) is 19.2 Å². The van der Waals surface area contributed by atoms with Crippen LogP contribution >= 0.6 is 0 Å². The van der Waals surface area contributed by atoms with Crippen LogP contribution in [0.2, 0.25) is 0 Å². The first kappa shape index (κ1) is 13.0. The van der Waals surface area contributed by atoms with Crippen molar-refractivity contribution in [2.45, 2.75) is 6.61 Å². The third-order valence-electron chi connectivity index (χ3n) is 1.85. The van der Waals surface area contributed by atoms with Gasteiger partial charge in [0.25, 0.3) is 0 Å². The Morgan fingerprint density at radius 3 is 2.75 bits per heavy atom. The predicted octanol–water partition coefficient (Wildman–Crippen LogP) is 0.500. The van der Waals surface area contributed by atoms with Gasteiger partial charge >= 0.3 is 0 Å². The fourth-order valence-electron chi connectivity index (χ4n) is 1.17. The number of hydrogen-bond acceptors (Lipinski definition) is 4. The molecule has 0 spiro atoms. The summed E-state index contributed by atoms with van der Waals surface area (Å²) in [7, 11) is -1.86. The molecular weight excluding hydrogens is 230 g/mol. The first-order chi connectivity index (χ1) is 7.51.